The predicted octanol–water partition coefficient (Wildman–Crippen LogP) is 6.41. The molecule has 210 valence electrons. The topological polar surface area (TPSA) is 120 Å². The van der Waals surface area contributed by atoms with E-state index in [0.717, 1.165) is 47.9 Å². The summed E-state index contributed by atoms with van der Waals surface area (Å²) in [4.78, 5) is 21.5. The Morgan fingerprint density at radius 2 is 1.87 bits per heavy atom. The van der Waals surface area contributed by atoms with E-state index in [0.29, 0.717) is 18.1 Å². The van der Waals surface area contributed by atoms with Gasteiger partial charge >= 0.3 is 5.97 Å². The summed E-state index contributed by atoms with van der Waals surface area (Å²) in [7, 11) is -2.80. The number of nitrogens with zero attached hydrogens (tertiary/aromatic N) is 2. The number of thiazole rings is 1. The standard InChI is InChI=1S/C26H30Cl2N4O5S2/c1-4-37-25(33)17-10-8-16(9-11-17)13-30-26-31-15(2)23(38-26)18-12-21(24(36-3)29-14-18)39(34,35)32-22-19(27)6-5-7-20(22)28/h5-7,12,14,16-17,32H,4,8-11,13H2,1-3H3,(H,30,31). The van der Waals surface area contributed by atoms with Crippen LogP contribution in [0.4, 0.5) is 10.8 Å². The van der Waals surface area contributed by atoms with E-state index in [4.69, 9.17) is 32.7 Å². The van der Waals surface area contributed by atoms with E-state index < -0.39 is 10.0 Å². The molecule has 1 aliphatic carbocycles. The number of halogens is 2. The molecule has 1 fully saturated rings. The van der Waals surface area contributed by atoms with Crippen LogP contribution in [0.3, 0.4) is 0 Å². The number of benzene rings is 1. The molecule has 0 radical (unpaired) electrons. The summed E-state index contributed by atoms with van der Waals surface area (Å²) in [6, 6.07) is 6.20. The van der Waals surface area contributed by atoms with Crippen molar-refractivity contribution in [3.63, 3.8) is 0 Å². The fourth-order valence-electron chi connectivity index (χ4n) is 4.52. The van der Waals surface area contributed by atoms with Crippen molar-refractivity contribution in [2.24, 2.45) is 11.8 Å². The number of rotatable bonds is 10. The molecule has 0 bridgehead atoms. The van der Waals surface area contributed by atoms with Crippen molar-refractivity contribution in [1.82, 2.24) is 9.97 Å². The van der Waals surface area contributed by atoms with Crippen LogP contribution in [0, 0.1) is 18.8 Å². The molecule has 0 aliphatic heterocycles. The van der Waals surface area contributed by atoms with Gasteiger partial charge in [0.1, 0.15) is 4.90 Å². The normalized spacial score (nSPS) is 17.5. The number of carbonyl (C=O) groups excluding carboxylic acids is 1. The second-order valence-electron chi connectivity index (χ2n) is 9.22. The zero-order chi connectivity index (χ0) is 28.2. The number of hydrogen-bond donors (Lipinski definition) is 2. The van der Waals surface area contributed by atoms with Crippen LogP contribution in [-0.2, 0) is 19.6 Å². The molecule has 13 heteroatoms. The molecule has 1 aliphatic rings. The van der Waals surface area contributed by atoms with Gasteiger partial charge in [0, 0.05) is 18.3 Å². The van der Waals surface area contributed by atoms with E-state index in [1.54, 1.807) is 24.4 Å². The summed E-state index contributed by atoms with van der Waals surface area (Å²) in [6.07, 6.45) is 5.10. The second kappa shape index (κ2) is 12.7. The van der Waals surface area contributed by atoms with Gasteiger partial charge in [-0.15, -0.1) is 0 Å². The molecular formula is C26H30Cl2N4O5S2. The number of esters is 1. The van der Waals surface area contributed by atoms with Gasteiger partial charge in [-0.2, -0.15) is 0 Å². The van der Waals surface area contributed by atoms with Gasteiger partial charge < -0.3 is 14.8 Å². The van der Waals surface area contributed by atoms with E-state index in [9.17, 15) is 13.2 Å². The van der Waals surface area contributed by atoms with Gasteiger partial charge in [0.2, 0.25) is 5.88 Å². The number of nitrogens with one attached hydrogen (secondary N) is 2. The van der Waals surface area contributed by atoms with Gasteiger partial charge in [0.15, 0.2) is 5.13 Å². The zero-order valence-corrected chi connectivity index (χ0v) is 24.9. The van der Waals surface area contributed by atoms with Gasteiger partial charge in [0.25, 0.3) is 10.0 Å². The van der Waals surface area contributed by atoms with Crippen molar-refractivity contribution in [2.75, 3.05) is 30.3 Å². The first kappa shape index (κ1) is 29.4. The lowest BCUT2D eigenvalue weighted by Gasteiger charge is -2.27. The first-order valence-electron chi connectivity index (χ1n) is 12.5. The molecule has 4 rings (SSSR count). The Balaban J connectivity index is 1.49. The fraction of sp³-hybridized carbons (Fsp3) is 0.423. The van der Waals surface area contributed by atoms with E-state index in [-0.39, 0.29) is 38.4 Å². The smallest absolute Gasteiger partial charge is 0.308 e. The van der Waals surface area contributed by atoms with Crippen molar-refractivity contribution in [1.29, 1.82) is 0 Å². The number of anilines is 2. The van der Waals surface area contributed by atoms with Crippen LogP contribution >= 0.6 is 34.5 Å². The van der Waals surface area contributed by atoms with E-state index >= 15 is 0 Å². The van der Waals surface area contributed by atoms with Crippen LogP contribution in [0.25, 0.3) is 10.4 Å². The van der Waals surface area contributed by atoms with E-state index in [1.165, 1.54) is 24.5 Å². The van der Waals surface area contributed by atoms with Crippen molar-refractivity contribution in [3.05, 3.63) is 46.2 Å². The number of para-hydroxylation sites is 1. The summed E-state index contributed by atoms with van der Waals surface area (Å²) in [5.41, 5.74) is 1.40. The minimum Gasteiger partial charge on any atom is -0.480 e. The predicted molar refractivity (Wildman–Crippen MR) is 154 cm³/mol. The largest absolute Gasteiger partial charge is 0.480 e. The van der Waals surface area contributed by atoms with Gasteiger partial charge in [-0.3, -0.25) is 9.52 Å². The fourth-order valence-corrected chi connectivity index (χ4v) is 7.33. The average molecular weight is 614 g/mol. The number of ether oxygens (including phenoxy) is 2. The van der Waals surface area contributed by atoms with Gasteiger partial charge in [-0.1, -0.05) is 40.6 Å². The van der Waals surface area contributed by atoms with Gasteiger partial charge in [-0.05, 0) is 63.6 Å². The van der Waals surface area contributed by atoms with Crippen LogP contribution in [0.1, 0.15) is 38.3 Å². The molecule has 0 amide bonds. The number of methoxy groups -OCH3 is 1. The van der Waals surface area contributed by atoms with Crippen LogP contribution < -0.4 is 14.8 Å². The Kier molecular flexibility index (Phi) is 9.58. The number of hydrogen-bond acceptors (Lipinski definition) is 9. The summed E-state index contributed by atoms with van der Waals surface area (Å²) >= 11 is 13.8. The number of sulfonamides is 1. The number of aryl methyl sites for hydroxylation is 1. The molecule has 1 aromatic carbocycles. The third kappa shape index (κ3) is 6.95. The molecule has 2 N–H and O–H groups in total. The lowest BCUT2D eigenvalue weighted by atomic mass is 9.82. The molecule has 9 nitrogen and oxygen atoms in total. The Bertz CT molecular complexity index is 1420. The molecule has 2 heterocycles. The molecule has 0 unspecified atom stereocenters. The molecule has 0 saturated heterocycles. The van der Waals surface area contributed by atoms with E-state index in [2.05, 4.69) is 20.0 Å². The first-order valence-corrected chi connectivity index (χ1v) is 15.6. The average Bonchev–Trinajstić information content (AvgIpc) is 3.30. The lowest BCUT2D eigenvalue weighted by Crippen LogP contribution is -2.26. The van der Waals surface area contributed by atoms with Crippen LogP contribution in [-0.4, -0.2) is 44.6 Å². The quantitative estimate of drug-likeness (QED) is 0.252. The van der Waals surface area contributed by atoms with Gasteiger partial charge in [-0.25, -0.2) is 18.4 Å². The van der Waals surface area contributed by atoms with Gasteiger partial charge in [0.05, 0.1) is 45.9 Å². The zero-order valence-electron chi connectivity index (χ0n) is 21.8. The van der Waals surface area contributed by atoms with Crippen molar-refractivity contribution in [2.45, 2.75) is 44.4 Å². The third-order valence-electron chi connectivity index (χ3n) is 6.57. The molecular weight excluding hydrogens is 583 g/mol. The summed E-state index contributed by atoms with van der Waals surface area (Å²) in [6.45, 7) is 4.84. The highest BCUT2D eigenvalue weighted by Gasteiger charge is 2.28. The Labute approximate surface area is 242 Å². The SMILES string of the molecule is CCOC(=O)C1CCC(CNc2nc(C)c(-c3cnc(OC)c(S(=O)(=O)Nc4c(Cl)cccc4Cl)c3)s2)CC1. The number of carbonyl (C=O) groups is 1. The third-order valence-corrected chi connectivity index (χ3v) is 9.71. The maximum atomic E-state index is 13.3. The highest BCUT2D eigenvalue weighted by Crippen LogP contribution is 2.38. The highest BCUT2D eigenvalue weighted by atomic mass is 35.5. The highest BCUT2D eigenvalue weighted by molar-refractivity contribution is 7.92. The van der Waals surface area contributed by atoms with Crippen LogP contribution in [0.2, 0.25) is 10.0 Å². The van der Waals surface area contributed by atoms with Crippen molar-refractivity contribution < 1.29 is 22.7 Å². The molecule has 1 saturated carbocycles. The summed E-state index contributed by atoms with van der Waals surface area (Å²) in [5.74, 6) is 0.272. The molecule has 3 aromatic rings. The number of pyridine rings is 1. The Morgan fingerprint density at radius 3 is 2.51 bits per heavy atom. The molecule has 0 spiro atoms. The monoisotopic (exact) mass is 612 g/mol. The summed E-state index contributed by atoms with van der Waals surface area (Å²) < 4.78 is 39.5. The minimum atomic E-state index is -4.15. The maximum absolute atomic E-state index is 13.3. The van der Waals surface area contributed by atoms with Crippen LogP contribution in [0.5, 0.6) is 5.88 Å². The maximum Gasteiger partial charge on any atom is 0.308 e. The number of aromatic nitrogens is 2. The Morgan fingerprint density at radius 1 is 1.18 bits per heavy atom. The van der Waals surface area contributed by atoms with Crippen molar-refractivity contribution in [3.8, 4) is 16.3 Å². The molecule has 39 heavy (non-hydrogen) atoms. The first-order chi connectivity index (χ1) is 18.6. The van der Waals surface area contributed by atoms with Crippen LogP contribution in [0.15, 0.2) is 35.4 Å². The molecule has 2 aromatic heterocycles. The van der Waals surface area contributed by atoms with Crippen molar-refractivity contribution >= 4 is 61.4 Å². The second-order valence-corrected chi connectivity index (χ2v) is 12.7. The lowest BCUT2D eigenvalue weighted by molar-refractivity contribution is -0.149. The minimum absolute atomic E-state index is 0.00797. The molecule has 0 atom stereocenters. The summed E-state index contributed by atoms with van der Waals surface area (Å²) in [5, 5.41) is 4.47. The Hall–Kier alpha value is -2.60. The van der Waals surface area contributed by atoms with E-state index in [1.807, 2.05) is 13.8 Å².